The fourth-order valence-electron chi connectivity index (χ4n) is 2.22. The number of nitrogens with one attached hydrogen (secondary N) is 3. The molecule has 3 aromatic rings. The molecule has 0 saturated heterocycles. The average molecular weight is 346 g/mol. The van der Waals surface area contributed by atoms with E-state index in [0.717, 1.165) is 21.8 Å². The zero-order chi connectivity index (χ0) is 16.8. The lowest BCUT2D eigenvalue weighted by atomic mass is 10.2. The minimum Gasteiger partial charge on any atom is -0.395 e. The molecule has 0 fully saturated rings. The van der Waals surface area contributed by atoms with E-state index in [2.05, 4.69) is 25.9 Å². The molecule has 0 saturated carbocycles. The van der Waals surface area contributed by atoms with Crippen LogP contribution < -0.4 is 10.6 Å². The highest BCUT2D eigenvalue weighted by atomic mass is 32.1. The maximum Gasteiger partial charge on any atom is 0.241 e. The Morgan fingerprint density at radius 2 is 2.33 bits per heavy atom. The van der Waals surface area contributed by atoms with Crippen molar-refractivity contribution in [2.45, 2.75) is 13.1 Å². The summed E-state index contributed by atoms with van der Waals surface area (Å²) in [6.45, 7) is 0.895. The molecule has 0 aliphatic heterocycles. The van der Waals surface area contributed by atoms with Crippen LogP contribution in [0.3, 0.4) is 0 Å². The molecule has 0 aliphatic rings. The topological polar surface area (TPSA) is 108 Å². The van der Waals surface area contributed by atoms with Crippen molar-refractivity contribution in [3.63, 3.8) is 0 Å². The van der Waals surface area contributed by atoms with Crippen molar-refractivity contribution < 1.29 is 9.90 Å². The number of hydrogen-bond donors (Lipinski definition) is 4. The first-order chi connectivity index (χ1) is 11.8. The summed E-state index contributed by atoms with van der Waals surface area (Å²) in [5, 5.41) is 27.9. The van der Waals surface area contributed by atoms with Crippen LogP contribution in [0.2, 0.25) is 0 Å². The van der Waals surface area contributed by atoms with Crippen molar-refractivity contribution in [3.8, 4) is 10.6 Å². The average Bonchev–Trinajstić information content (AvgIpc) is 3.31. The molecule has 3 aromatic heterocycles. The van der Waals surface area contributed by atoms with Crippen LogP contribution in [-0.4, -0.2) is 44.1 Å². The van der Waals surface area contributed by atoms with Crippen molar-refractivity contribution in [1.29, 1.82) is 0 Å². The molecular weight excluding hydrogens is 328 g/mol. The second-order valence-electron chi connectivity index (χ2n) is 5.10. The molecule has 0 bridgehead atoms. The van der Waals surface area contributed by atoms with E-state index in [9.17, 15) is 4.79 Å². The van der Waals surface area contributed by atoms with Crippen molar-refractivity contribution in [1.82, 2.24) is 25.3 Å². The van der Waals surface area contributed by atoms with Gasteiger partial charge in [0.1, 0.15) is 6.54 Å². The van der Waals surface area contributed by atoms with E-state index in [1.165, 1.54) is 0 Å². The second-order valence-corrected chi connectivity index (χ2v) is 6.05. The Morgan fingerprint density at radius 3 is 3.12 bits per heavy atom. The van der Waals surface area contributed by atoms with Gasteiger partial charge in [-0.2, -0.15) is 10.2 Å². The number of H-pyrrole nitrogens is 1. The number of aliphatic hydroxyl groups is 1. The maximum atomic E-state index is 11.6. The fourth-order valence-corrected chi connectivity index (χ4v) is 2.97. The molecule has 4 N–H and O–H groups in total. The number of carbonyl (C=O) groups excluding carboxylic acids is 1. The fraction of sp³-hybridized carbons (Fsp3) is 0.267. The third kappa shape index (κ3) is 4.00. The van der Waals surface area contributed by atoms with Crippen LogP contribution in [0.4, 0.5) is 5.69 Å². The molecule has 0 aromatic carbocycles. The number of amides is 1. The van der Waals surface area contributed by atoms with Crippen molar-refractivity contribution in [2.24, 2.45) is 0 Å². The Hall–Kier alpha value is -2.65. The van der Waals surface area contributed by atoms with Gasteiger partial charge in [0.25, 0.3) is 0 Å². The quantitative estimate of drug-likeness (QED) is 0.488. The lowest BCUT2D eigenvalue weighted by Crippen LogP contribution is -2.30. The van der Waals surface area contributed by atoms with Crippen LogP contribution in [-0.2, 0) is 17.9 Å². The molecular formula is C15H18N6O2S. The largest absolute Gasteiger partial charge is 0.395 e. The summed E-state index contributed by atoms with van der Waals surface area (Å²) in [4.78, 5) is 12.7. The molecule has 126 valence electrons. The number of thiophene rings is 1. The monoisotopic (exact) mass is 346 g/mol. The lowest BCUT2D eigenvalue weighted by Gasteiger charge is -2.04. The minimum absolute atomic E-state index is 0.0745. The molecule has 24 heavy (non-hydrogen) atoms. The number of nitrogens with zero attached hydrogens (tertiary/aromatic N) is 3. The Morgan fingerprint density at radius 1 is 1.42 bits per heavy atom. The van der Waals surface area contributed by atoms with Crippen LogP contribution in [0, 0.1) is 0 Å². The van der Waals surface area contributed by atoms with Crippen LogP contribution in [0.1, 0.15) is 5.56 Å². The molecule has 1 amide bonds. The zero-order valence-corrected chi connectivity index (χ0v) is 13.7. The van der Waals surface area contributed by atoms with Crippen LogP contribution >= 0.6 is 11.3 Å². The van der Waals surface area contributed by atoms with Gasteiger partial charge in [-0.1, -0.05) is 6.07 Å². The third-order valence-corrected chi connectivity index (χ3v) is 4.23. The number of aliphatic hydroxyl groups excluding tert-OH is 1. The highest BCUT2D eigenvalue weighted by molar-refractivity contribution is 7.13. The van der Waals surface area contributed by atoms with Gasteiger partial charge in [-0.3, -0.25) is 14.6 Å². The van der Waals surface area contributed by atoms with Gasteiger partial charge in [-0.25, -0.2) is 0 Å². The molecule has 3 heterocycles. The van der Waals surface area contributed by atoms with E-state index in [-0.39, 0.29) is 25.6 Å². The van der Waals surface area contributed by atoms with Crippen molar-refractivity contribution >= 4 is 22.9 Å². The molecule has 0 aliphatic carbocycles. The van der Waals surface area contributed by atoms with E-state index in [1.54, 1.807) is 34.6 Å². The molecule has 0 atom stereocenters. The first-order valence-corrected chi connectivity index (χ1v) is 8.34. The normalized spacial score (nSPS) is 10.7. The first kappa shape index (κ1) is 16.2. The third-order valence-electron chi connectivity index (χ3n) is 3.34. The predicted molar refractivity (Wildman–Crippen MR) is 91.5 cm³/mol. The van der Waals surface area contributed by atoms with E-state index < -0.39 is 0 Å². The highest BCUT2D eigenvalue weighted by Crippen LogP contribution is 2.26. The summed E-state index contributed by atoms with van der Waals surface area (Å²) in [5.41, 5.74) is 2.89. The Bertz CT molecular complexity index is 780. The van der Waals surface area contributed by atoms with Gasteiger partial charge in [0, 0.05) is 24.8 Å². The van der Waals surface area contributed by atoms with Gasteiger partial charge < -0.3 is 15.7 Å². The van der Waals surface area contributed by atoms with Crippen LogP contribution in [0.25, 0.3) is 10.6 Å². The number of aromatic amines is 1. The minimum atomic E-state index is -0.187. The zero-order valence-electron chi connectivity index (χ0n) is 12.9. The van der Waals surface area contributed by atoms with Gasteiger partial charge in [-0.05, 0) is 11.4 Å². The predicted octanol–water partition coefficient (Wildman–Crippen LogP) is 1.06. The Labute approximate surface area is 142 Å². The second kappa shape index (κ2) is 7.75. The molecule has 9 heteroatoms. The van der Waals surface area contributed by atoms with Crippen LogP contribution in [0.15, 0.2) is 36.1 Å². The first-order valence-electron chi connectivity index (χ1n) is 7.46. The molecule has 8 nitrogen and oxygen atoms in total. The SMILES string of the molecule is O=C(Cn1cc(NCc2cn[nH]c2-c2cccs2)cn1)NCCO. The molecule has 0 unspecified atom stereocenters. The number of carbonyl (C=O) groups is 1. The van der Waals surface area contributed by atoms with Gasteiger partial charge >= 0.3 is 0 Å². The van der Waals surface area contributed by atoms with Crippen LogP contribution in [0.5, 0.6) is 0 Å². The van der Waals surface area contributed by atoms with E-state index >= 15 is 0 Å². The van der Waals surface area contributed by atoms with E-state index in [1.807, 2.05) is 17.5 Å². The highest BCUT2D eigenvalue weighted by Gasteiger charge is 2.09. The number of hydrogen-bond acceptors (Lipinski definition) is 6. The van der Waals surface area contributed by atoms with Gasteiger partial charge in [0.15, 0.2) is 0 Å². The van der Waals surface area contributed by atoms with Gasteiger partial charge in [0.2, 0.25) is 5.91 Å². The lowest BCUT2D eigenvalue weighted by molar-refractivity contribution is -0.122. The van der Waals surface area contributed by atoms with E-state index in [0.29, 0.717) is 6.54 Å². The Kier molecular flexibility index (Phi) is 5.24. The number of anilines is 1. The molecule has 3 rings (SSSR count). The smallest absolute Gasteiger partial charge is 0.241 e. The Balaban J connectivity index is 1.57. The summed E-state index contributed by atoms with van der Waals surface area (Å²) in [6.07, 6.45) is 5.24. The number of aromatic nitrogens is 4. The van der Waals surface area contributed by atoms with Crippen molar-refractivity contribution in [3.05, 3.63) is 41.7 Å². The summed E-state index contributed by atoms with van der Waals surface area (Å²) >= 11 is 1.66. The van der Waals surface area contributed by atoms with Gasteiger partial charge in [-0.15, -0.1) is 11.3 Å². The number of rotatable bonds is 8. The van der Waals surface area contributed by atoms with E-state index in [4.69, 9.17) is 5.11 Å². The summed E-state index contributed by atoms with van der Waals surface area (Å²) < 4.78 is 1.55. The standard InChI is InChI=1S/C15H18N6O2S/c22-4-3-16-14(23)10-21-9-12(8-19-21)17-6-11-7-18-20-15(11)13-2-1-5-24-13/h1-2,5,7-9,17,22H,3-4,6,10H2,(H,16,23)(H,18,20). The summed E-state index contributed by atoms with van der Waals surface area (Å²) in [5.74, 6) is -0.187. The summed E-state index contributed by atoms with van der Waals surface area (Å²) in [7, 11) is 0. The molecule has 0 radical (unpaired) electrons. The maximum absolute atomic E-state index is 11.6. The van der Waals surface area contributed by atoms with Gasteiger partial charge in [0.05, 0.1) is 35.3 Å². The van der Waals surface area contributed by atoms with Crippen molar-refractivity contribution in [2.75, 3.05) is 18.5 Å². The molecule has 0 spiro atoms. The summed E-state index contributed by atoms with van der Waals surface area (Å²) in [6, 6.07) is 4.05.